The Morgan fingerprint density at radius 1 is 1.17 bits per heavy atom. The van der Waals surface area contributed by atoms with Crippen LogP contribution in [-0.4, -0.2) is 27.8 Å². The van der Waals surface area contributed by atoms with Crippen LogP contribution < -0.4 is 10.1 Å². The SMILES string of the molecule is CCc1nnc(-c2ccc3ccn(CC(=O)NCc4ccccc4OC)c3c2)o1. The Kier molecular flexibility index (Phi) is 5.29. The van der Waals surface area contributed by atoms with Crippen molar-refractivity contribution < 1.29 is 13.9 Å². The number of para-hydroxylation sites is 1. The van der Waals surface area contributed by atoms with Gasteiger partial charge in [0.05, 0.1) is 7.11 Å². The van der Waals surface area contributed by atoms with E-state index in [0.29, 0.717) is 24.7 Å². The number of aromatic nitrogens is 3. The number of hydrogen-bond donors (Lipinski definition) is 1. The normalized spacial score (nSPS) is 11.0. The number of carbonyl (C=O) groups is 1. The number of fused-ring (bicyclic) bond motifs is 1. The lowest BCUT2D eigenvalue weighted by Crippen LogP contribution is -2.27. The van der Waals surface area contributed by atoms with Crippen LogP contribution in [0.3, 0.4) is 0 Å². The Morgan fingerprint density at radius 3 is 2.83 bits per heavy atom. The highest BCUT2D eigenvalue weighted by Gasteiger charge is 2.12. The fourth-order valence-corrected chi connectivity index (χ4v) is 3.22. The standard InChI is InChI=1S/C22H22N4O3/c1-3-21-24-25-22(29-21)16-9-8-15-10-11-26(18(15)12-16)14-20(27)23-13-17-6-4-5-7-19(17)28-2/h4-12H,3,13-14H2,1-2H3,(H,23,27). The number of rotatable bonds is 7. The van der Waals surface area contributed by atoms with E-state index in [4.69, 9.17) is 9.15 Å². The molecule has 0 aliphatic carbocycles. The minimum Gasteiger partial charge on any atom is -0.496 e. The van der Waals surface area contributed by atoms with Crippen LogP contribution in [0.2, 0.25) is 0 Å². The second-order valence-corrected chi connectivity index (χ2v) is 6.66. The van der Waals surface area contributed by atoms with Crippen LogP contribution in [-0.2, 0) is 24.3 Å². The predicted octanol–water partition coefficient (Wildman–Crippen LogP) is 3.58. The molecule has 0 unspecified atom stereocenters. The molecule has 0 aliphatic heterocycles. The molecule has 7 heteroatoms. The second-order valence-electron chi connectivity index (χ2n) is 6.66. The van der Waals surface area contributed by atoms with Gasteiger partial charge in [0.15, 0.2) is 0 Å². The summed E-state index contributed by atoms with van der Waals surface area (Å²) in [6, 6.07) is 15.5. The molecular weight excluding hydrogens is 368 g/mol. The summed E-state index contributed by atoms with van der Waals surface area (Å²) in [7, 11) is 1.62. The summed E-state index contributed by atoms with van der Waals surface area (Å²) in [4.78, 5) is 12.5. The van der Waals surface area contributed by atoms with Gasteiger partial charge in [-0.15, -0.1) is 10.2 Å². The molecule has 148 valence electrons. The summed E-state index contributed by atoms with van der Waals surface area (Å²) in [5, 5.41) is 12.1. The second kappa shape index (κ2) is 8.18. The number of benzene rings is 2. The molecule has 7 nitrogen and oxygen atoms in total. The Labute approximate surface area is 168 Å². The first-order valence-electron chi connectivity index (χ1n) is 9.48. The van der Waals surface area contributed by atoms with E-state index in [1.165, 1.54) is 0 Å². The van der Waals surface area contributed by atoms with Crippen molar-refractivity contribution in [2.24, 2.45) is 0 Å². The molecular formula is C22H22N4O3. The minimum absolute atomic E-state index is 0.0788. The van der Waals surface area contributed by atoms with Gasteiger partial charge in [0.2, 0.25) is 17.7 Å². The average molecular weight is 390 g/mol. The zero-order valence-electron chi connectivity index (χ0n) is 16.4. The highest BCUT2D eigenvalue weighted by molar-refractivity contribution is 5.86. The molecule has 2 aromatic carbocycles. The molecule has 0 fully saturated rings. The summed E-state index contributed by atoms with van der Waals surface area (Å²) in [5.74, 6) is 1.77. The Hall–Kier alpha value is -3.61. The van der Waals surface area contributed by atoms with E-state index < -0.39 is 0 Å². The number of methoxy groups -OCH3 is 1. The van der Waals surface area contributed by atoms with E-state index in [2.05, 4.69) is 15.5 Å². The quantitative estimate of drug-likeness (QED) is 0.522. The van der Waals surface area contributed by atoms with E-state index in [0.717, 1.165) is 27.8 Å². The third-order valence-electron chi connectivity index (χ3n) is 4.77. The number of aryl methyl sites for hydroxylation is 1. The number of nitrogens with one attached hydrogen (secondary N) is 1. The van der Waals surface area contributed by atoms with E-state index in [-0.39, 0.29) is 12.5 Å². The Bertz CT molecular complexity index is 1150. The molecule has 2 heterocycles. The van der Waals surface area contributed by atoms with Crippen molar-refractivity contribution in [3.05, 3.63) is 66.2 Å². The van der Waals surface area contributed by atoms with Crippen LogP contribution in [0.4, 0.5) is 0 Å². The molecule has 1 amide bonds. The summed E-state index contributed by atoms with van der Waals surface area (Å²) >= 11 is 0. The molecule has 0 atom stereocenters. The molecule has 0 bridgehead atoms. The molecule has 1 N–H and O–H groups in total. The summed E-state index contributed by atoms with van der Waals surface area (Å²) in [6.07, 6.45) is 2.60. The molecule has 0 saturated heterocycles. The van der Waals surface area contributed by atoms with Crippen LogP contribution in [0, 0.1) is 0 Å². The van der Waals surface area contributed by atoms with Gasteiger partial charge in [-0.2, -0.15) is 0 Å². The van der Waals surface area contributed by atoms with Gasteiger partial charge in [0.25, 0.3) is 0 Å². The van der Waals surface area contributed by atoms with Crippen molar-refractivity contribution in [3.8, 4) is 17.2 Å². The zero-order valence-corrected chi connectivity index (χ0v) is 16.4. The van der Waals surface area contributed by atoms with Crippen molar-refractivity contribution >= 4 is 16.8 Å². The van der Waals surface area contributed by atoms with Gasteiger partial charge >= 0.3 is 0 Å². The molecule has 0 saturated carbocycles. The predicted molar refractivity (Wildman–Crippen MR) is 109 cm³/mol. The van der Waals surface area contributed by atoms with Crippen LogP contribution in [0.25, 0.3) is 22.4 Å². The monoisotopic (exact) mass is 390 g/mol. The maximum Gasteiger partial charge on any atom is 0.247 e. The maximum atomic E-state index is 12.5. The first kappa shape index (κ1) is 18.7. The van der Waals surface area contributed by atoms with Crippen molar-refractivity contribution in [3.63, 3.8) is 0 Å². The lowest BCUT2D eigenvalue weighted by molar-refractivity contribution is -0.121. The highest BCUT2D eigenvalue weighted by Crippen LogP contribution is 2.24. The first-order valence-corrected chi connectivity index (χ1v) is 9.48. The van der Waals surface area contributed by atoms with Gasteiger partial charge in [0.1, 0.15) is 12.3 Å². The smallest absolute Gasteiger partial charge is 0.247 e. The van der Waals surface area contributed by atoms with Gasteiger partial charge in [0, 0.05) is 35.8 Å². The van der Waals surface area contributed by atoms with Crippen LogP contribution in [0.1, 0.15) is 18.4 Å². The maximum absolute atomic E-state index is 12.5. The lowest BCUT2D eigenvalue weighted by atomic mass is 10.1. The zero-order chi connectivity index (χ0) is 20.2. The molecule has 4 aromatic rings. The number of hydrogen-bond acceptors (Lipinski definition) is 5. The van der Waals surface area contributed by atoms with Crippen molar-refractivity contribution in [1.82, 2.24) is 20.1 Å². The molecule has 4 rings (SSSR count). The number of ether oxygens (including phenoxy) is 1. The summed E-state index contributed by atoms with van der Waals surface area (Å²) in [5.41, 5.74) is 2.70. The third kappa shape index (κ3) is 3.99. The third-order valence-corrected chi connectivity index (χ3v) is 4.77. The van der Waals surface area contributed by atoms with Gasteiger partial charge in [-0.05, 0) is 29.7 Å². The van der Waals surface area contributed by atoms with Gasteiger partial charge in [-0.25, -0.2) is 0 Å². The van der Waals surface area contributed by atoms with E-state index in [1.54, 1.807) is 7.11 Å². The topological polar surface area (TPSA) is 82.2 Å². The Balaban J connectivity index is 1.50. The van der Waals surface area contributed by atoms with Crippen LogP contribution in [0.5, 0.6) is 5.75 Å². The molecule has 0 spiro atoms. The number of nitrogens with zero attached hydrogens (tertiary/aromatic N) is 3. The molecule has 0 radical (unpaired) electrons. The van der Waals surface area contributed by atoms with Gasteiger partial charge in [-0.1, -0.05) is 31.2 Å². The van der Waals surface area contributed by atoms with Crippen LogP contribution >= 0.6 is 0 Å². The lowest BCUT2D eigenvalue weighted by Gasteiger charge is -2.10. The summed E-state index contributed by atoms with van der Waals surface area (Å²) in [6.45, 7) is 2.59. The Morgan fingerprint density at radius 2 is 2.03 bits per heavy atom. The van der Waals surface area contributed by atoms with Crippen molar-refractivity contribution in [2.75, 3.05) is 7.11 Å². The molecule has 0 aliphatic rings. The highest BCUT2D eigenvalue weighted by atomic mass is 16.5. The van der Waals surface area contributed by atoms with Crippen molar-refractivity contribution in [2.45, 2.75) is 26.4 Å². The van der Waals surface area contributed by atoms with E-state index in [9.17, 15) is 4.79 Å². The van der Waals surface area contributed by atoms with Crippen LogP contribution in [0.15, 0.2) is 59.1 Å². The van der Waals surface area contributed by atoms with Crippen molar-refractivity contribution in [1.29, 1.82) is 0 Å². The molecule has 29 heavy (non-hydrogen) atoms. The average Bonchev–Trinajstić information content (AvgIpc) is 3.39. The fraction of sp³-hybridized carbons (Fsp3) is 0.227. The first-order chi connectivity index (χ1) is 14.2. The van der Waals surface area contributed by atoms with E-state index in [1.807, 2.05) is 66.2 Å². The largest absolute Gasteiger partial charge is 0.496 e. The molecule has 2 aromatic heterocycles. The van der Waals surface area contributed by atoms with E-state index >= 15 is 0 Å². The number of amides is 1. The minimum atomic E-state index is -0.0788. The fourth-order valence-electron chi connectivity index (χ4n) is 3.22. The van der Waals surface area contributed by atoms with Gasteiger partial charge in [-0.3, -0.25) is 4.79 Å². The number of carbonyl (C=O) groups excluding carboxylic acids is 1. The summed E-state index contributed by atoms with van der Waals surface area (Å²) < 4.78 is 12.9. The van der Waals surface area contributed by atoms with Gasteiger partial charge < -0.3 is 19.0 Å².